The maximum absolute atomic E-state index is 8.98. The van der Waals surface area contributed by atoms with E-state index in [0.717, 1.165) is 0 Å². The van der Waals surface area contributed by atoms with E-state index in [4.69, 9.17) is 15.6 Å². The minimum atomic E-state index is -0.380. The van der Waals surface area contributed by atoms with Gasteiger partial charge < -0.3 is 15.6 Å². The van der Waals surface area contributed by atoms with Crippen molar-refractivity contribution in [3.8, 4) is 0 Å². The van der Waals surface area contributed by atoms with E-state index in [1.54, 1.807) is 0 Å². The zero-order valence-electron chi connectivity index (χ0n) is 5.84. The van der Waals surface area contributed by atoms with E-state index in [9.17, 15) is 0 Å². The normalized spacial score (nSPS) is 13.7. The van der Waals surface area contributed by atoms with Crippen LogP contribution in [0, 0.1) is 0 Å². The minimum Gasteiger partial charge on any atom is -0.391 e. The van der Waals surface area contributed by atoms with Gasteiger partial charge in [-0.05, 0) is 19.9 Å². The highest BCUT2D eigenvalue weighted by Crippen LogP contribution is 1.89. The molecule has 0 spiro atoms. The second kappa shape index (κ2) is 6.01. The number of ether oxygens (including phenoxy) is 1. The van der Waals surface area contributed by atoms with E-state index in [2.05, 4.69) is 0 Å². The average molecular weight is 133 g/mol. The smallest absolute Gasteiger partial charge is 0.0785 e. The van der Waals surface area contributed by atoms with Crippen LogP contribution >= 0.6 is 0 Å². The fourth-order valence-electron chi connectivity index (χ4n) is 0.530. The molecular formula is C6H15NO2. The van der Waals surface area contributed by atoms with Crippen LogP contribution in [0.3, 0.4) is 0 Å². The zero-order chi connectivity index (χ0) is 7.11. The Labute approximate surface area is 55.8 Å². The maximum atomic E-state index is 8.98. The van der Waals surface area contributed by atoms with Gasteiger partial charge in [0, 0.05) is 6.61 Å². The molecule has 9 heavy (non-hydrogen) atoms. The monoisotopic (exact) mass is 133 g/mol. The number of nitrogens with two attached hydrogens (primary N) is 1. The van der Waals surface area contributed by atoms with Gasteiger partial charge in [-0.15, -0.1) is 0 Å². The van der Waals surface area contributed by atoms with Gasteiger partial charge in [0.1, 0.15) is 0 Å². The van der Waals surface area contributed by atoms with E-state index < -0.39 is 0 Å². The molecule has 0 aliphatic rings. The molecule has 0 saturated carbocycles. The number of hydrogen-bond acceptors (Lipinski definition) is 3. The van der Waals surface area contributed by atoms with Crippen molar-refractivity contribution in [2.24, 2.45) is 5.73 Å². The van der Waals surface area contributed by atoms with Gasteiger partial charge in [-0.25, -0.2) is 0 Å². The number of aliphatic hydroxyl groups is 1. The van der Waals surface area contributed by atoms with Gasteiger partial charge in [0.2, 0.25) is 0 Å². The molecule has 0 fully saturated rings. The van der Waals surface area contributed by atoms with Crippen LogP contribution in [0.25, 0.3) is 0 Å². The molecule has 0 heterocycles. The second-order valence-electron chi connectivity index (χ2n) is 1.89. The highest BCUT2D eigenvalue weighted by molar-refractivity contribution is 4.52. The van der Waals surface area contributed by atoms with Gasteiger partial charge in [-0.3, -0.25) is 0 Å². The third kappa shape index (κ3) is 5.76. The summed E-state index contributed by atoms with van der Waals surface area (Å²) >= 11 is 0. The molecule has 0 aliphatic carbocycles. The average Bonchev–Trinajstić information content (AvgIpc) is 1.85. The summed E-state index contributed by atoms with van der Waals surface area (Å²) < 4.78 is 4.94. The molecule has 1 atom stereocenters. The summed E-state index contributed by atoms with van der Waals surface area (Å²) in [4.78, 5) is 0. The van der Waals surface area contributed by atoms with Gasteiger partial charge in [-0.2, -0.15) is 0 Å². The van der Waals surface area contributed by atoms with Crippen LogP contribution in [-0.2, 0) is 4.74 Å². The molecule has 0 aromatic rings. The van der Waals surface area contributed by atoms with Crippen molar-refractivity contribution in [1.82, 2.24) is 0 Å². The number of rotatable bonds is 5. The molecule has 3 nitrogen and oxygen atoms in total. The van der Waals surface area contributed by atoms with Crippen molar-refractivity contribution < 1.29 is 9.84 Å². The Morgan fingerprint density at radius 1 is 1.67 bits per heavy atom. The Balaban J connectivity index is 2.95. The van der Waals surface area contributed by atoms with E-state index in [-0.39, 0.29) is 6.10 Å². The van der Waals surface area contributed by atoms with E-state index >= 15 is 0 Å². The Hall–Kier alpha value is -0.120. The zero-order valence-corrected chi connectivity index (χ0v) is 5.84. The predicted octanol–water partition coefficient (Wildman–Crippen LogP) is -0.267. The Bertz CT molecular complexity index is 59.0. The molecule has 3 N–H and O–H groups in total. The van der Waals surface area contributed by atoms with E-state index in [0.29, 0.717) is 26.2 Å². The topological polar surface area (TPSA) is 55.5 Å². The second-order valence-corrected chi connectivity index (χ2v) is 1.89. The first-order valence-corrected chi connectivity index (χ1v) is 3.27. The number of aliphatic hydroxyl groups excluding tert-OH is 1. The number of hydrogen-bond donors (Lipinski definition) is 2. The molecule has 0 amide bonds. The van der Waals surface area contributed by atoms with Gasteiger partial charge in [0.05, 0.1) is 12.7 Å². The lowest BCUT2D eigenvalue weighted by atomic mass is 10.3. The van der Waals surface area contributed by atoms with Crippen molar-refractivity contribution in [1.29, 1.82) is 0 Å². The van der Waals surface area contributed by atoms with Crippen LogP contribution in [0.4, 0.5) is 0 Å². The summed E-state index contributed by atoms with van der Waals surface area (Å²) in [7, 11) is 0. The predicted molar refractivity (Wildman–Crippen MR) is 36.2 cm³/mol. The van der Waals surface area contributed by atoms with Gasteiger partial charge in [-0.1, -0.05) is 0 Å². The van der Waals surface area contributed by atoms with Crippen molar-refractivity contribution in [2.75, 3.05) is 19.8 Å². The molecule has 0 radical (unpaired) electrons. The standard InChI is InChI=1S/C6H15NO2/c1-2-9-5-6(8)3-4-7/h6,8H,2-5,7H2,1H3/t6-/m0/s1. The van der Waals surface area contributed by atoms with Crippen LogP contribution in [0.2, 0.25) is 0 Å². The summed E-state index contributed by atoms with van der Waals surface area (Å²) in [6.45, 7) is 3.48. The summed E-state index contributed by atoms with van der Waals surface area (Å²) in [5.41, 5.74) is 5.19. The van der Waals surface area contributed by atoms with Crippen LogP contribution < -0.4 is 5.73 Å². The van der Waals surface area contributed by atoms with Gasteiger partial charge >= 0.3 is 0 Å². The van der Waals surface area contributed by atoms with Gasteiger partial charge in [0.15, 0.2) is 0 Å². The molecule has 3 heteroatoms. The molecule has 0 aromatic carbocycles. The third-order valence-electron chi connectivity index (χ3n) is 1.01. The highest BCUT2D eigenvalue weighted by atomic mass is 16.5. The third-order valence-corrected chi connectivity index (χ3v) is 1.01. The first-order chi connectivity index (χ1) is 4.31. The first-order valence-electron chi connectivity index (χ1n) is 3.27. The molecular weight excluding hydrogens is 118 g/mol. The summed E-state index contributed by atoms with van der Waals surface area (Å²) in [5, 5.41) is 8.98. The summed E-state index contributed by atoms with van der Waals surface area (Å²) in [6, 6.07) is 0. The van der Waals surface area contributed by atoms with Crippen molar-refractivity contribution in [3.05, 3.63) is 0 Å². The fourth-order valence-corrected chi connectivity index (χ4v) is 0.530. The molecule has 0 saturated heterocycles. The fraction of sp³-hybridized carbons (Fsp3) is 1.00. The molecule has 0 aromatic heterocycles. The van der Waals surface area contributed by atoms with Crippen LogP contribution in [0.1, 0.15) is 13.3 Å². The molecule has 0 unspecified atom stereocenters. The Morgan fingerprint density at radius 2 is 2.33 bits per heavy atom. The molecule has 56 valence electrons. The lowest BCUT2D eigenvalue weighted by Gasteiger charge is -2.07. The van der Waals surface area contributed by atoms with Crippen LogP contribution in [0.15, 0.2) is 0 Å². The quantitative estimate of drug-likeness (QED) is 0.543. The summed E-state index contributed by atoms with van der Waals surface area (Å²) in [6.07, 6.45) is 0.245. The minimum absolute atomic E-state index is 0.380. The van der Waals surface area contributed by atoms with E-state index in [1.807, 2.05) is 6.92 Å². The largest absolute Gasteiger partial charge is 0.391 e. The Morgan fingerprint density at radius 3 is 2.78 bits per heavy atom. The first kappa shape index (κ1) is 8.88. The van der Waals surface area contributed by atoms with Gasteiger partial charge in [0.25, 0.3) is 0 Å². The highest BCUT2D eigenvalue weighted by Gasteiger charge is 1.99. The summed E-state index contributed by atoms with van der Waals surface area (Å²) in [5.74, 6) is 0. The molecule has 0 aliphatic heterocycles. The molecule has 0 bridgehead atoms. The lowest BCUT2D eigenvalue weighted by Crippen LogP contribution is -2.19. The SMILES string of the molecule is CCOC[C@@H](O)CCN. The van der Waals surface area contributed by atoms with Crippen LogP contribution in [-0.4, -0.2) is 31.0 Å². The molecule has 0 rings (SSSR count). The maximum Gasteiger partial charge on any atom is 0.0785 e. The van der Waals surface area contributed by atoms with E-state index in [1.165, 1.54) is 0 Å². The lowest BCUT2D eigenvalue weighted by molar-refractivity contribution is 0.0395. The van der Waals surface area contributed by atoms with Crippen LogP contribution in [0.5, 0.6) is 0 Å². The van der Waals surface area contributed by atoms with Crippen molar-refractivity contribution in [2.45, 2.75) is 19.4 Å². The Kier molecular flexibility index (Phi) is 5.93. The van der Waals surface area contributed by atoms with Crippen molar-refractivity contribution >= 4 is 0 Å². The van der Waals surface area contributed by atoms with Crippen molar-refractivity contribution in [3.63, 3.8) is 0 Å².